The lowest BCUT2D eigenvalue weighted by molar-refractivity contribution is 0.102. The molecule has 0 radical (unpaired) electrons. The number of carbonyl (C=O) groups excluding carboxylic acids is 1. The number of hydrogen-bond donors (Lipinski definition) is 1. The standard InChI is InChI=1S/C17H16N4O3/c1-23-14-4-3-13(10-15(14)24-2)20-17(22)12-5-6-19-16(9-12)21-8-7-18-11-21/h3-11H,1-2H3,(H,20,22). The van der Waals surface area contributed by atoms with Crippen molar-refractivity contribution < 1.29 is 14.3 Å². The van der Waals surface area contributed by atoms with E-state index in [0.29, 0.717) is 28.6 Å². The highest BCUT2D eigenvalue weighted by molar-refractivity contribution is 6.04. The number of methoxy groups -OCH3 is 2. The summed E-state index contributed by atoms with van der Waals surface area (Å²) in [6.07, 6.45) is 6.62. The molecule has 24 heavy (non-hydrogen) atoms. The molecule has 3 rings (SSSR count). The van der Waals surface area contributed by atoms with E-state index in [1.807, 2.05) is 0 Å². The number of hydrogen-bond acceptors (Lipinski definition) is 5. The molecule has 7 nitrogen and oxygen atoms in total. The lowest BCUT2D eigenvalue weighted by Crippen LogP contribution is -2.13. The Morgan fingerprint density at radius 2 is 1.92 bits per heavy atom. The molecule has 0 aliphatic rings. The molecular weight excluding hydrogens is 308 g/mol. The van der Waals surface area contributed by atoms with Crippen molar-refractivity contribution in [1.82, 2.24) is 14.5 Å². The van der Waals surface area contributed by atoms with E-state index in [1.54, 1.807) is 74.0 Å². The van der Waals surface area contributed by atoms with E-state index in [9.17, 15) is 4.79 Å². The minimum Gasteiger partial charge on any atom is -0.493 e. The highest BCUT2D eigenvalue weighted by Crippen LogP contribution is 2.29. The molecule has 0 bridgehead atoms. The Morgan fingerprint density at radius 1 is 1.08 bits per heavy atom. The molecule has 0 aliphatic carbocycles. The average molecular weight is 324 g/mol. The fourth-order valence-electron chi connectivity index (χ4n) is 2.21. The monoisotopic (exact) mass is 324 g/mol. The van der Waals surface area contributed by atoms with E-state index >= 15 is 0 Å². The molecule has 3 aromatic rings. The molecule has 122 valence electrons. The van der Waals surface area contributed by atoms with Gasteiger partial charge in [0.2, 0.25) is 0 Å². The summed E-state index contributed by atoms with van der Waals surface area (Å²) < 4.78 is 12.1. The normalized spacial score (nSPS) is 10.2. The summed E-state index contributed by atoms with van der Waals surface area (Å²) in [5, 5.41) is 2.83. The van der Waals surface area contributed by atoms with Crippen LogP contribution in [-0.2, 0) is 0 Å². The summed E-state index contributed by atoms with van der Waals surface area (Å²) in [4.78, 5) is 20.7. The van der Waals surface area contributed by atoms with Crippen molar-refractivity contribution in [3.8, 4) is 17.3 Å². The summed E-state index contributed by atoms with van der Waals surface area (Å²) >= 11 is 0. The van der Waals surface area contributed by atoms with Crippen LogP contribution in [0.5, 0.6) is 11.5 Å². The molecule has 1 N–H and O–H groups in total. The number of anilines is 1. The minimum absolute atomic E-state index is 0.244. The lowest BCUT2D eigenvalue weighted by atomic mass is 10.2. The van der Waals surface area contributed by atoms with Crippen LogP contribution >= 0.6 is 0 Å². The molecule has 2 heterocycles. The van der Waals surface area contributed by atoms with Crippen LogP contribution in [0.4, 0.5) is 5.69 Å². The summed E-state index contributed by atoms with van der Waals surface area (Å²) in [5.74, 6) is 1.52. The molecule has 2 aromatic heterocycles. The maximum absolute atomic E-state index is 12.5. The van der Waals surface area contributed by atoms with Gasteiger partial charge in [0.1, 0.15) is 12.1 Å². The largest absolute Gasteiger partial charge is 0.493 e. The fourth-order valence-corrected chi connectivity index (χ4v) is 2.21. The summed E-state index contributed by atoms with van der Waals surface area (Å²) in [6.45, 7) is 0. The van der Waals surface area contributed by atoms with Crippen molar-refractivity contribution in [2.24, 2.45) is 0 Å². The Hall–Kier alpha value is -3.35. The van der Waals surface area contributed by atoms with Gasteiger partial charge in [-0.2, -0.15) is 0 Å². The van der Waals surface area contributed by atoms with Gasteiger partial charge in [0.25, 0.3) is 5.91 Å². The maximum atomic E-state index is 12.5. The molecule has 0 fully saturated rings. The van der Waals surface area contributed by atoms with Gasteiger partial charge in [-0.1, -0.05) is 0 Å². The average Bonchev–Trinajstić information content (AvgIpc) is 3.16. The van der Waals surface area contributed by atoms with Gasteiger partial charge in [0, 0.05) is 35.9 Å². The first-order chi connectivity index (χ1) is 11.7. The molecular formula is C17H16N4O3. The molecule has 0 unspecified atom stereocenters. The van der Waals surface area contributed by atoms with Crippen LogP contribution in [0.25, 0.3) is 5.82 Å². The van der Waals surface area contributed by atoms with Gasteiger partial charge in [0.15, 0.2) is 11.5 Å². The Morgan fingerprint density at radius 3 is 2.62 bits per heavy atom. The highest BCUT2D eigenvalue weighted by atomic mass is 16.5. The Bertz CT molecular complexity index is 847. The van der Waals surface area contributed by atoms with Crippen LogP contribution in [0.1, 0.15) is 10.4 Å². The fraction of sp³-hybridized carbons (Fsp3) is 0.118. The van der Waals surface area contributed by atoms with Crippen LogP contribution in [0.15, 0.2) is 55.2 Å². The zero-order valence-electron chi connectivity index (χ0n) is 13.3. The van der Waals surface area contributed by atoms with E-state index < -0.39 is 0 Å². The number of amides is 1. The molecule has 0 atom stereocenters. The third kappa shape index (κ3) is 3.19. The maximum Gasteiger partial charge on any atom is 0.255 e. The van der Waals surface area contributed by atoms with Gasteiger partial charge < -0.3 is 14.8 Å². The van der Waals surface area contributed by atoms with Gasteiger partial charge in [-0.15, -0.1) is 0 Å². The lowest BCUT2D eigenvalue weighted by Gasteiger charge is -2.11. The second-order valence-corrected chi connectivity index (χ2v) is 4.90. The summed E-state index contributed by atoms with van der Waals surface area (Å²) in [7, 11) is 3.11. The minimum atomic E-state index is -0.244. The number of ether oxygens (including phenoxy) is 2. The highest BCUT2D eigenvalue weighted by Gasteiger charge is 2.10. The van der Waals surface area contributed by atoms with Crippen molar-refractivity contribution in [3.05, 3.63) is 60.8 Å². The first-order valence-electron chi connectivity index (χ1n) is 7.19. The number of pyridine rings is 1. The molecule has 7 heteroatoms. The molecule has 0 saturated heterocycles. The first-order valence-corrected chi connectivity index (χ1v) is 7.19. The van der Waals surface area contributed by atoms with Crippen LogP contribution in [0.2, 0.25) is 0 Å². The molecule has 0 spiro atoms. The van der Waals surface area contributed by atoms with E-state index in [2.05, 4.69) is 15.3 Å². The van der Waals surface area contributed by atoms with Gasteiger partial charge in [-0.05, 0) is 24.3 Å². The summed E-state index contributed by atoms with van der Waals surface area (Å²) in [6, 6.07) is 8.53. The third-order valence-corrected chi connectivity index (χ3v) is 3.42. The number of nitrogens with zero attached hydrogens (tertiary/aromatic N) is 3. The van der Waals surface area contributed by atoms with Crippen molar-refractivity contribution >= 4 is 11.6 Å². The number of carbonyl (C=O) groups is 1. The second-order valence-electron chi connectivity index (χ2n) is 4.90. The van der Waals surface area contributed by atoms with E-state index in [1.165, 1.54) is 0 Å². The van der Waals surface area contributed by atoms with Crippen molar-refractivity contribution in [3.63, 3.8) is 0 Å². The number of benzene rings is 1. The van der Waals surface area contributed by atoms with Gasteiger partial charge in [-0.25, -0.2) is 9.97 Å². The van der Waals surface area contributed by atoms with Crippen LogP contribution in [0, 0.1) is 0 Å². The van der Waals surface area contributed by atoms with Crippen LogP contribution in [0.3, 0.4) is 0 Å². The SMILES string of the molecule is COc1ccc(NC(=O)c2ccnc(-n3ccnc3)c2)cc1OC. The zero-order valence-corrected chi connectivity index (χ0v) is 13.3. The van der Waals surface area contributed by atoms with Gasteiger partial charge in [-0.3, -0.25) is 9.36 Å². The quantitative estimate of drug-likeness (QED) is 0.780. The van der Waals surface area contributed by atoms with E-state index in [-0.39, 0.29) is 5.91 Å². The number of aromatic nitrogens is 3. The molecule has 1 amide bonds. The Labute approximate surface area is 138 Å². The van der Waals surface area contributed by atoms with Gasteiger partial charge >= 0.3 is 0 Å². The predicted octanol–water partition coefficient (Wildman–Crippen LogP) is 2.54. The Kier molecular flexibility index (Phi) is 4.42. The van der Waals surface area contributed by atoms with Crippen LogP contribution in [-0.4, -0.2) is 34.7 Å². The molecule has 0 aliphatic heterocycles. The van der Waals surface area contributed by atoms with E-state index in [0.717, 1.165) is 0 Å². The van der Waals surface area contributed by atoms with Gasteiger partial charge in [0.05, 0.1) is 14.2 Å². The molecule has 1 aromatic carbocycles. The number of nitrogens with one attached hydrogen (secondary N) is 1. The Balaban J connectivity index is 1.81. The number of rotatable bonds is 5. The molecule has 0 saturated carbocycles. The van der Waals surface area contributed by atoms with Crippen LogP contribution < -0.4 is 14.8 Å². The van der Waals surface area contributed by atoms with Crippen molar-refractivity contribution in [1.29, 1.82) is 0 Å². The predicted molar refractivity (Wildman–Crippen MR) is 88.9 cm³/mol. The topological polar surface area (TPSA) is 78.3 Å². The third-order valence-electron chi connectivity index (χ3n) is 3.42. The van der Waals surface area contributed by atoms with Crippen molar-refractivity contribution in [2.75, 3.05) is 19.5 Å². The number of imidazole rings is 1. The van der Waals surface area contributed by atoms with Crippen molar-refractivity contribution in [2.45, 2.75) is 0 Å². The second kappa shape index (κ2) is 6.82. The van der Waals surface area contributed by atoms with E-state index in [4.69, 9.17) is 9.47 Å². The first kappa shape index (κ1) is 15.5. The summed E-state index contributed by atoms with van der Waals surface area (Å²) in [5.41, 5.74) is 1.10. The zero-order chi connectivity index (χ0) is 16.9. The smallest absolute Gasteiger partial charge is 0.255 e.